The first-order valence-corrected chi connectivity index (χ1v) is 11.1. The van der Waals surface area contributed by atoms with Crippen molar-refractivity contribution >= 4 is 30.6 Å². The van der Waals surface area contributed by atoms with Crippen molar-refractivity contribution in [1.82, 2.24) is 9.80 Å². The number of Topliss-reactive ketones (excluding diaryl/α,β-unsaturated/α-hetero) is 1. The van der Waals surface area contributed by atoms with Crippen LogP contribution in [0.4, 0.5) is 0 Å². The molecule has 182 valence electrons. The van der Waals surface area contributed by atoms with E-state index in [0.29, 0.717) is 12.2 Å². The van der Waals surface area contributed by atoms with E-state index in [9.17, 15) is 4.79 Å². The van der Waals surface area contributed by atoms with Gasteiger partial charge in [0, 0.05) is 51.3 Å². The summed E-state index contributed by atoms with van der Waals surface area (Å²) in [6.07, 6.45) is 0.539. The number of ketones is 1. The van der Waals surface area contributed by atoms with Crippen LogP contribution >= 0.6 is 24.8 Å². The molecule has 1 saturated heterocycles. The zero-order valence-electron chi connectivity index (χ0n) is 19.4. The van der Waals surface area contributed by atoms with Gasteiger partial charge in [0.25, 0.3) is 0 Å². The molecule has 0 aliphatic carbocycles. The van der Waals surface area contributed by atoms with Gasteiger partial charge in [-0.15, -0.1) is 24.8 Å². The average Bonchev–Trinajstić information content (AvgIpc) is 2.85. The maximum atomic E-state index is 12.6. The van der Waals surface area contributed by atoms with Gasteiger partial charge >= 0.3 is 0 Å². The summed E-state index contributed by atoms with van der Waals surface area (Å²) in [7, 11) is 1.64. The van der Waals surface area contributed by atoms with Crippen molar-refractivity contribution in [3.63, 3.8) is 0 Å². The Bertz CT molecular complexity index is 991. The van der Waals surface area contributed by atoms with Crippen LogP contribution in [0.2, 0.25) is 0 Å². The van der Waals surface area contributed by atoms with E-state index in [4.69, 9.17) is 9.47 Å². The fourth-order valence-corrected chi connectivity index (χ4v) is 3.91. The quantitative estimate of drug-likeness (QED) is 0.350. The summed E-state index contributed by atoms with van der Waals surface area (Å²) >= 11 is 0. The number of carbonyl (C=O) groups excluding carboxylic acids is 1. The highest BCUT2D eigenvalue weighted by Gasteiger charge is 2.18. The number of benzene rings is 3. The molecule has 0 spiro atoms. The molecule has 0 atom stereocenters. The molecule has 5 nitrogen and oxygen atoms in total. The summed E-state index contributed by atoms with van der Waals surface area (Å²) in [5, 5.41) is 0. The summed E-state index contributed by atoms with van der Waals surface area (Å²) in [4.78, 5) is 17.5. The van der Waals surface area contributed by atoms with E-state index in [1.807, 2.05) is 48.5 Å². The number of hydrogen-bond donors (Lipinski definition) is 0. The summed E-state index contributed by atoms with van der Waals surface area (Å²) < 4.78 is 11.0. The van der Waals surface area contributed by atoms with E-state index in [1.54, 1.807) is 7.11 Å². The zero-order chi connectivity index (χ0) is 22.2. The van der Waals surface area contributed by atoms with Gasteiger partial charge in [-0.3, -0.25) is 9.69 Å². The Labute approximate surface area is 214 Å². The molecular formula is C27H32Cl2N2O3. The molecule has 0 N–H and O–H groups in total. The van der Waals surface area contributed by atoms with E-state index in [1.165, 1.54) is 5.56 Å². The Balaban J connectivity index is 0.00000204. The molecule has 0 saturated carbocycles. The zero-order valence-corrected chi connectivity index (χ0v) is 21.0. The molecule has 0 aromatic heterocycles. The summed E-state index contributed by atoms with van der Waals surface area (Å²) in [6, 6.07) is 25.4. The maximum absolute atomic E-state index is 12.6. The number of nitrogens with zero attached hydrogens (tertiary/aromatic N) is 2. The van der Waals surface area contributed by atoms with Crippen molar-refractivity contribution in [3.8, 4) is 17.2 Å². The Morgan fingerprint density at radius 1 is 0.735 bits per heavy atom. The SMILES string of the molecule is COc1ccc(Oc2ccc(C(=O)CCN3CCN(Cc4ccccc4)CC3)cc2)cc1.Cl.Cl. The molecule has 1 aliphatic heterocycles. The van der Waals surface area contributed by atoms with Gasteiger partial charge in [-0.2, -0.15) is 0 Å². The number of carbonyl (C=O) groups is 1. The molecule has 0 unspecified atom stereocenters. The Morgan fingerprint density at radius 3 is 1.85 bits per heavy atom. The molecule has 7 heteroatoms. The monoisotopic (exact) mass is 502 g/mol. The third-order valence-corrected chi connectivity index (χ3v) is 5.84. The summed E-state index contributed by atoms with van der Waals surface area (Å²) in [5.41, 5.74) is 2.09. The summed E-state index contributed by atoms with van der Waals surface area (Å²) in [6.45, 7) is 5.91. The van der Waals surface area contributed by atoms with Crippen LogP contribution in [0.15, 0.2) is 78.9 Å². The molecule has 0 radical (unpaired) electrons. The van der Waals surface area contributed by atoms with Crippen molar-refractivity contribution in [1.29, 1.82) is 0 Å². The fraction of sp³-hybridized carbons (Fsp3) is 0.296. The van der Waals surface area contributed by atoms with E-state index in [2.05, 4.69) is 40.1 Å². The van der Waals surface area contributed by atoms with Gasteiger partial charge in [0.2, 0.25) is 0 Å². The van der Waals surface area contributed by atoms with Crippen LogP contribution in [0.1, 0.15) is 22.3 Å². The molecule has 1 heterocycles. The minimum atomic E-state index is 0. The van der Waals surface area contributed by atoms with E-state index < -0.39 is 0 Å². The van der Waals surface area contributed by atoms with Crippen LogP contribution in [-0.2, 0) is 6.54 Å². The highest BCUT2D eigenvalue weighted by atomic mass is 35.5. The van der Waals surface area contributed by atoms with E-state index >= 15 is 0 Å². The lowest BCUT2D eigenvalue weighted by molar-refractivity contribution is 0.0922. The van der Waals surface area contributed by atoms with Crippen LogP contribution in [0.25, 0.3) is 0 Å². The predicted molar refractivity (Wildman–Crippen MR) is 141 cm³/mol. The number of rotatable bonds is 9. The third-order valence-electron chi connectivity index (χ3n) is 5.84. The van der Waals surface area contributed by atoms with Gasteiger partial charge in [0.05, 0.1) is 7.11 Å². The van der Waals surface area contributed by atoms with Gasteiger partial charge in [-0.1, -0.05) is 30.3 Å². The van der Waals surface area contributed by atoms with Crippen molar-refractivity contribution in [3.05, 3.63) is 90.0 Å². The number of halogens is 2. The van der Waals surface area contributed by atoms with Crippen molar-refractivity contribution in [2.45, 2.75) is 13.0 Å². The van der Waals surface area contributed by atoms with Crippen LogP contribution in [0.3, 0.4) is 0 Å². The molecule has 1 aliphatic rings. The van der Waals surface area contributed by atoms with Crippen LogP contribution < -0.4 is 9.47 Å². The Hall–Kier alpha value is -2.57. The number of methoxy groups -OCH3 is 1. The van der Waals surface area contributed by atoms with Crippen molar-refractivity contribution < 1.29 is 14.3 Å². The molecule has 3 aromatic carbocycles. The molecule has 0 bridgehead atoms. The largest absolute Gasteiger partial charge is 0.497 e. The molecule has 0 amide bonds. The van der Waals surface area contributed by atoms with Gasteiger partial charge in [0.1, 0.15) is 17.2 Å². The third kappa shape index (κ3) is 8.03. The second-order valence-electron chi connectivity index (χ2n) is 8.08. The minimum Gasteiger partial charge on any atom is -0.497 e. The van der Waals surface area contributed by atoms with Crippen LogP contribution in [-0.4, -0.2) is 55.4 Å². The Kier molecular flexibility index (Phi) is 11.4. The predicted octanol–water partition coefficient (Wildman–Crippen LogP) is 5.72. The van der Waals surface area contributed by atoms with Crippen LogP contribution in [0.5, 0.6) is 17.2 Å². The van der Waals surface area contributed by atoms with Gasteiger partial charge in [0.15, 0.2) is 5.78 Å². The summed E-state index contributed by atoms with van der Waals surface area (Å²) in [5.74, 6) is 2.40. The van der Waals surface area contributed by atoms with Gasteiger partial charge < -0.3 is 14.4 Å². The van der Waals surface area contributed by atoms with Gasteiger partial charge in [-0.05, 0) is 54.1 Å². The lowest BCUT2D eigenvalue weighted by Gasteiger charge is -2.34. The first kappa shape index (κ1) is 27.7. The topological polar surface area (TPSA) is 42.0 Å². The number of ether oxygens (including phenoxy) is 2. The minimum absolute atomic E-state index is 0. The second-order valence-corrected chi connectivity index (χ2v) is 8.08. The number of piperazine rings is 1. The van der Waals surface area contributed by atoms with E-state index in [0.717, 1.165) is 56.3 Å². The molecule has 4 rings (SSSR count). The first-order chi connectivity index (χ1) is 15.7. The van der Waals surface area contributed by atoms with Crippen LogP contribution in [0, 0.1) is 0 Å². The normalized spacial score (nSPS) is 13.9. The fourth-order valence-electron chi connectivity index (χ4n) is 3.91. The lowest BCUT2D eigenvalue weighted by atomic mass is 10.1. The van der Waals surface area contributed by atoms with Crippen molar-refractivity contribution in [2.75, 3.05) is 39.8 Å². The molecule has 3 aromatic rings. The average molecular weight is 503 g/mol. The lowest BCUT2D eigenvalue weighted by Crippen LogP contribution is -2.46. The molecular weight excluding hydrogens is 471 g/mol. The van der Waals surface area contributed by atoms with Gasteiger partial charge in [-0.25, -0.2) is 0 Å². The highest BCUT2D eigenvalue weighted by Crippen LogP contribution is 2.24. The molecule has 1 fully saturated rings. The maximum Gasteiger partial charge on any atom is 0.164 e. The van der Waals surface area contributed by atoms with E-state index in [-0.39, 0.29) is 30.6 Å². The highest BCUT2D eigenvalue weighted by molar-refractivity contribution is 5.96. The first-order valence-electron chi connectivity index (χ1n) is 11.1. The molecule has 34 heavy (non-hydrogen) atoms. The standard InChI is InChI=1S/C27H30N2O3.2ClH/c1-31-24-11-13-26(14-12-24)32-25-9-7-23(8-10-25)27(30)15-16-28-17-19-29(20-18-28)21-22-5-3-2-4-6-22;;/h2-14H,15-21H2,1H3;2*1H. The smallest absolute Gasteiger partial charge is 0.164 e. The number of hydrogen-bond acceptors (Lipinski definition) is 5. The second kappa shape index (κ2) is 14.0. The van der Waals surface area contributed by atoms with Crippen molar-refractivity contribution in [2.24, 2.45) is 0 Å². The Morgan fingerprint density at radius 2 is 1.26 bits per heavy atom.